The van der Waals surface area contributed by atoms with Gasteiger partial charge in [-0.25, -0.2) is 4.98 Å². The normalized spacial score (nSPS) is 16.7. The Bertz CT molecular complexity index is 883. The van der Waals surface area contributed by atoms with Gasteiger partial charge in [0.05, 0.1) is 11.3 Å². The quantitative estimate of drug-likeness (QED) is 0.741. The molecule has 152 valence electrons. The van der Waals surface area contributed by atoms with Crippen LogP contribution in [0.4, 0.5) is 5.69 Å². The highest BCUT2D eigenvalue weighted by atomic mass is 32.2. The first kappa shape index (κ1) is 19.9. The Kier molecular flexibility index (Phi) is 6.46. The van der Waals surface area contributed by atoms with Gasteiger partial charge in [0.1, 0.15) is 11.6 Å². The van der Waals surface area contributed by atoms with E-state index < -0.39 is 0 Å². The Balaban J connectivity index is 1.40. The molecule has 3 heterocycles. The van der Waals surface area contributed by atoms with E-state index in [-0.39, 0.29) is 18.4 Å². The van der Waals surface area contributed by atoms with Crippen molar-refractivity contribution >= 4 is 29.3 Å². The molecule has 0 saturated carbocycles. The lowest BCUT2D eigenvalue weighted by Crippen LogP contribution is -2.41. The van der Waals surface area contributed by atoms with E-state index in [9.17, 15) is 9.59 Å². The molecule has 0 aliphatic carbocycles. The number of benzene rings is 1. The SMILES string of the molecule is O=C(CN1C(=O)c2ccccc2Sc2ncccc21)NCCCN1CCCCC1. The van der Waals surface area contributed by atoms with Crippen molar-refractivity contribution in [3.8, 4) is 0 Å². The fourth-order valence-corrected chi connectivity index (χ4v) is 4.84. The smallest absolute Gasteiger partial charge is 0.259 e. The molecule has 29 heavy (non-hydrogen) atoms. The molecule has 6 nitrogen and oxygen atoms in total. The Morgan fingerprint density at radius 1 is 1.10 bits per heavy atom. The van der Waals surface area contributed by atoms with Crippen LogP contribution in [0.1, 0.15) is 36.0 Å². The molecule has 0 atom stereocenters. The third-order valence-corrected chi connectivity index (χ3v) is 6.42. The lowest BCUT2D eigenvalue weighted by molar-refractivity contribution is -0.119. The van der Waals surface area contributed by atoms with Crippen molar-refractivity contribution in [2.24, 2.45) is 0 Å². The van der Waals surface area contributed by atoms with Gasteiger partial charge in [-0.2, -0.15) is 0 Å². The number of pyridine rings is 1. The number of carbonyl (C=O) groups excluding carboxylic acids is 2. The molecule has 1 saturated heterocycles. The molecular weight excluding hydrogens is 384 g/mol. The van der Waals surface area contributed by atoms with Gasteiger partial charge in [0.2, 0.25) is 5.91 Å². The number of anilines is 1. The minimum absolute atomic E-state index is 0.00383. The lowest BCUT2D eigenvalue weighted by Gasteiger charge is -2.26. The number of amides is 2. The summed E-state index contributed by atoms with van der Waals surface area (Å²) in [5, 5.41) is 3.72. The maximum Gasteiger partial charge on any atom is 0.259 e. The molecule has 0 bridgehead atoms. The molecule has 2 amide bonds. The van der Waals surface area contributed by atoms with Crippen LogP contribution in [0.15, 0.2) is 52.5 Å². The van der Waals surface area contributed by atoms with Crippen molar-refractivity contribution in [1.29, 1.82) is 0 Å². The summed E-state index contributed by atoms with van der Waals surface area (Å²) in [6, 6.07) is 11.1. The summed E-state index contributed by atoms with van der Waals surface area (Å²) in [4.78, 5) is 35.1. The van der Waals surface area contributed by atoms with Crippen LogP contribution in [-0.4, -0.2) is 54.4 Å². The van der Waals surface area contributed by atoms with E-state index in [1.54, 1.807) is 23.2 Å². The van der Waals surface area contributed by atoms with Gasteiger partial charge in [-0.05, 0) is 63.2 Å². The highest BCUT2D eigenvalue weighted by Crippen LogP contribution is 2.39. The molecule has 1 N–H and O–H groups in total. The Morgan fingerprint density at radius 3 is 2.79 bits per heavy atom. The summed E-state index contributed by atoms with van der Waals surface area (Å²) in [5.41, 5.74) is 1.29. The van der Waals surface area contributed by atoms with Crippen molar-refractivity contribution in [3.63, 3.8) is 0 Å². The number of nitrogens with one attached hydrogen (secondary N) is 1. The summed E-state index contributed by atoms with van der Waals surface area (Å²) < 4.78 is 0. The highest BCUT2D eigenvalue weighted by Gasteiger charge is 2.29. The maximum atomic E-state index is 13.2. The van der Waals surface area contributed by atoms with Crippen LogP contribution < -0.4 is 10.2 Å². The number of likely N-dealkylation sites (tertiary alicyclic amines) is 1. The lowest BCUT2D eigenvalue weighted by atomic mass is 10.1. The van der Waals surface area contributed by atoms with Gasteiger partial charge in [0.15, 0.2) is 0 Å². The molecule has 2 aromatic rings. The minimum Gasteiger partial charge on any atom is -0.355 e. The number of hydrogen-bond acceptors (Lipinski definition) is 5. The number of hydrogen-bond donors (Lipinski definition) is 1. The maximum absolute atomic E-state index is 13.2. The van der Waals surface area contributed by atoms with Gasteiger partial charge < -0.3 is 10.2 Å². The molecule has 7 heteroatoms. The van der Waals surface area contributed by atoms with Gasteiger partial charge in [-0.1, -0.05) is 30.3 Å². The summed E-state index contributed by atoms with van der Waals surface area (Å²) >= 11 is 1.46. The number of fused-ring (bicyclic) bond motifs is 2. The van der Waals surface area contributed by atoms with E-state index >= 15 is 0 Å². The van der Waals surface area contributed by atoms with Crippen LogP contribution >= 0.6 is 11.8 Å². The number of aromatic nitrogens is 1. The van der Waals surface area contributed by atoms with E-state index in [0.717, 1.165) is 36.0 Å². The third-order valence-electron chi connectivity index (χ3n) is 5.33. The highest BCUT2D eigenvalue weighted by molar-refractivity contribution is 7.99. The van der Waals surface area contributed by atoms with Gasteiger partial charge in [0, 0.05) is 17.6 Å². The van der Waals surface area contributed by atoms with Gasteiger partial charge in [0.25, 0.3) is 5.91 Å². The third kappa shape index (κ3) is 4.79. The fraction of sp³-hybridized carbons (Fsp3) is 0.409. The largest absolute Gasteiger partial charge is 0.355 e. The molecule has 1 aromatic carbocycles. The van der Waals surface area contributed by atoms with Crippen LogP contribution in [0.25, 0.3) is 0 Å². The summed E-state index contributed by atoms with van der Waals surface area (Å²) in [5.74, 6) is -0.306. The van der Waals surface area contributed by atoms with Crippen LogP contribution in [-0.2, 0) is 4.79 Å². The Labute approximate surface area is 175 Å². The van der Waals surface area contributed by atoms with Crippen molar-refractivity contribution < 1.29 is 9.59 Å². The van der Waals surface area contributed by atoms with Crippen LogP contribution in [0.5, 0.6) is 0 Å². The Hall–Kier alpha value is -2.38. The summed E-state index contributed by atoms with van der Waals surface area (Å²) in [6.45, 7) is 3.96. The molecule has 4 rings (SSSR count). The van der Waals surface area contributed by atoms with E-state index in [4.69, 9.17) is 0 Å². The van der Waals surface area contributed by atoms with Crippen LogP contribution in [0.3, 0.4) is 0 Å². The second-order valence-corrected chi connectivity index (χ2v) is 8.45. The molecule has 0 spiro atoms. The zero-order chi connectivity index (χ0) is 20.1. The predicted molar refractivity (Wildman–Crippen MR) is 114 cm³/mol. The van der Waals surface area contributed by atoms with Crippen LogP contribution in [0.2, 0.25) is 0 Å². The zero-order valence-electron chi connectivity index (χ0n) is 16.5. The van der Waals surface area contributed by atoms with E-state index in [1.165, 1.54) is 31.0 Å². The first-order chi connectivity index (χ1) is 14.2. The van der Waals surface area contributed by atoms with E-state index in [0.29, 0.717) is 17.8 Å². The molecule has 1 aromatic heterocycles. The van der Waals surface area contributed by atoms with Crippen molar-refractivity contribution in [2.75, 3.05) is 37.6 Å². The summed E-state index contributed by atoms with van der Waals surface area (Å²) in [7, 11) is 0. The first-order valence-electron chi connectivity index (χ1n) is 10.3. The van der Waals surface area contributed by atoms with Crippen LogP contribution in [0, 0.1) is 0 Å². The molecule has 0 radical (unpaired) electrons. The topological polar surface area (TPSA) is 65.5 Å². The standard InChI is InChI=1S/C22H26N4O2S/c27-20(23-12-7-15-25-13-4-1-5-14-25)16-26-18-9-6-11-24-21(18)29-19-10-3-2-8-17(19)22(26)28/h2-3,6,8-11H,1,4-5,7,12-16H2,(H,23,27). The van der Waals surface area contributed by atoms with E-state index in [2.05, 4.69) is 15.2 Å². The van der Waals surface area contributed by atoms with Crippen molar-refractivity contribution in [1.82, 2.24) is 15.2 Å². The molecule has 0 unspecified atom stereocenters. The minimum atomic E-state index is -0.164. The average Bonchev–Trinajstić information content (AvgIpc) is 2.87. The molecular formula is C22H26N4O2S. The van der Waals surface area contributed by atoms with Gasteiger partial charge in [-0.15, -0.1) is 0 Å². The van der Waals surface area contributed by atoms with Gasteiger partial charge in [-0.3, -0.25) is 14.5 Å². The monoisotopic (exact) mass is 410 g/mol. The van der Waals surface area contributed by atoms with Gasteiger partial charge >= 0.3 is 0 Å². The zero-order valence-corrected chi connectivity index (χ0v) is 17.3. The first-order valence-corrected chi connectivity index (χ1v) is 11.1. The number of carbonyl (C=O) groups is 2. The number of nitrogens with zero attached hydrogens (tertiary/aromatic N) is 3. The van der Waals surface area contributed by atoms with Crippen molar-refractivity contribution in [2.45, 2.75) is 35.6 Å². The van der Waals surface area contributed by atoms with Crippen molar-refractivity contribution in [3.05, 3.63) is 48.2 Å². The molecule has 1 fully saturated rings. The average molecular weight is 411 g/mol. The second-order valence-electron chi connectivity index (χ2n) is 7.42. The second kappa shape index (κ2) is 9.41. The predicted octanol–water partition coefficient (Wildman–Crippen LogP) is 3.19. The Morgan fingerprint density at radius 2 is 1.93 bits per heavy atom. The number of rotatable bonds is 6. The summed E-state index contributed by atoms with van der Waals surface area (Å²) in [6.07, 6.45) is 6.52. The molecule has 2 aliphatic heterocycles. The molecule has 2 aliphatic rings. The fourth-order valence-electron chi connectivity index (χ4n) is 3.83. The van der Waals surface area contributed by atoms with E-state index in [1.807, 2.05) is 24.3 Å². The number of piperidine rings is 1.